The summed E-state index contributed by atoms with van der Waals surface area (Å²) >= 11 is 0. The van der Waals surface area contributed by atoms with Crippen LogP contribution in [-0.2, 0) is 4.74 Å². The smallest absolute Gasteiger partial charge is 0.337 e. The van der Waals surface area contributed by atoms with Crippen LogP contribution in [0.15, 0.2) is 36.7 Å². The maximum atomic E-state index is 14.0. The fourth-order valence-corrected chi connectivity index (χ4v) is 2.23. The summed E-state index contributed by atoms with van der Waals surface area (Å²) in [6, 6.07) is 4.74. The fraction of sp³-hybridized carbons (Fsp3) is 0.0625. The predicted molar refractivity (Wildman–Crippen MR) is 76.2 cm³/mol. The van der Waals surface area contributed by atoms with E-state index in [1.54, 1.807) is 0 Å². The molecule has 7 heteroatoms. The van der Waals surface area contributed by atoms with Crippen molar-refractivity contribution in [3.63, 3.8) is 0 Å². The Labute approximate surface area is 128 Å². The monoisotopic (exact) mass is 318 g/mol. The zero-order chi connectivity index (χ0) is 16.6. The summed E-state index contributed by atoms with van der Waals surface area (Å²) in [5.41, 5.74) is -0.0840. The topological polar surface area (TPSA) is 52.1 Å². The first-order chi connectivity index (χ1) is 11.0. The number of carbonyl (C=O) groups is 1. The number of ether oxygens (including phenoxy) is 1. The molecule has 3 rings (SSSR count). The van der Waals surface area contributed by atoms with Crippen LogP contribution >= 0.6 is 0 Å². The van der Waals surface area contributed by atoms with Gasteiger partial charge in [-0.2, -0.15) is 0 Å². The minimum absolute atomic E-state index is 0.00431. The Morgan fingerprint density at radius 1 is 0.957 bits per heavy atom. The van der Waals surface area contributed by atoms with E-state index in [4.69, 9.17) is 0 Å². The van der Waals surface area contributed by atoms with E-state index >= 15 is 0 Å². The van der Waals surface area contributed by atoms with Crippen molar-refractivity contribution in [3.8, 4) is 11.4 Å². The molecule has 1 aromatic carbocycles. The third-order valence-electron chi connectivity index (χ3n) is 3.29. The zero-order valence-corrected chi connectivity index (χ0v) is 11.8. The molecule has 0 bridgehead atoms. The summed E-state index contributed by atoms with van der Waals surface area (Å²) in [6.07, 6.45) is 1.75. The Kier molecular flexibility index (Phi) is 3.69. The Morgan fingerprint density at radius 2 is 1.70 bits per heavy atom. The number of nitrogens with zero attached hydrogens (tertiary/aromatic N) is 2. The van der Waals surface area contributed by atoms with E-state index < -0.39 is 23.4 Å². The van der Waals surface area contributed by atoms with Crippen LogP contribution in [0.25, 0.3) is 22.2 Å². The van der Waals surface area contributed by atoms with E-state index in [-0.39, 0.29) is 27.7 Å². The molecule has 0 saturated heterocycles. The maximum Gasteiger partial charge on any atom is 0.337 e. The number of rotatable bonds is 2. The summed E-state index contributed by atoms with van der Waals surface area (Å²) in [6.45, 7) is 0. The van der Waals surface area contributed by atoms with Gasteiger partial charge in [0.1, 0.15) is 17.3 Å². The molecule has 4 nitrogen and oxygen atoms in total. The summed E-state index contributed by atoms with van der Waals surface area (Å²) in [7, 11) is 1.21. The number of benzene rings is 1. The molecule has 0 aliphatic rings. The van der Waals surface area contributed by atoms with E-state index in [2.05, 4.69) is 14.7 Å². The molecule has 0 aliphatic heterocycles. The fourth-order valence-electron chi connectivity index (χ4n) is 2.23. The second-order valence-electron chi connectivity index (χ2n) is 4.69. The van der Waals surface area contributed by atoms with Crippen LogP contribution in [-0.4, -0.2) is 23.0 Å². The normalized spacial score (nSPS) is 10.8. The van der Waals surface area contributed by atoms with Crippen LogP contribution in [0.2, 0.25) is 0 Å². The molecular formula is C16H9F3N2O2. The lowest BCUT2D eigenvalue weighted by molar-refractivity contribution is 0.0601. The molecule has 0 amide bonds. The van der Waals surface area contributed by atoms with Gasteiger partial charge in [-0.3, -0.25) is 4.98 Å². The molecule has 0 fully saturated rings. The molecule has 23 heavy (non-hydrogen) atoms. The summed E-state index contributed by atoms with van der Waals surface area (Å²) in [5, 5.41) is 0.305. The number of carbonyl (C=O) groups excluding carboxylic acids is 1. The minimum atomic E-state index is -0.936. The standard InChI is InChI=1S/C16H9F3N2O2/c1-23-16(22)8-2-3-10-11(4-8)14(21-7-13(10)19)15-12(18)5-9(17)6-20-15/h2-7H,1H3. The number of methoxy groups -OCH3 is 1. The number of aromatic nitrogens is 2. The van der Waals surface area contributed by atoms with Gasteiger partial charge in [0, 0.05) is 16.8 Å². The number of halogens is 3. The van der Waals surface area contributed by atoms with Crippen molar-refractivity contribution in [2.75, 3.05) is 7.11 Å². The number of pyridine rings is 2. The van der Waals surface area contributed by atoms with Crippen LogP contribution in [0.3, 0.4) is 0 Å². The number of hydrogen-bond acceptors (Lipinski definition) is 4. The highest BCUT2D eigenvalue weighted by Gasteiger charge is 2.17. The van der Waals surface area contributed by atoms with Crippen LogP contribution in [0.4, 0.5) is 13.2 Å². The van der Waals surface area contributed by atoms with Crippen LogP contribution in [0.1, 0.15) is 10.4 Å². The quantitative estimate of drug-likeness (QED) is 0.679. The minimum Gasteiger partial charge on any atom is -0.465 e. The molecule has 0 saturated carbocycles. The predicted octanol–water partition coefficient (Wildman–Crippen LogP) is 3.50. The molecular weight excluding hydrogens is 309 g/mol. The lowest BCUT2D eigenvalue weighted by atomic mass is 10.0. The Hall–Kier alpha value is -2.96. The SMILES string of the molecule is COC(=O)c1ccc2c(F)cnc(-c3ncc(F)cc3F)c2c1. The van der Waals surface area contributed by atoms with E-state index in [1.807, 2.05) is 0 Å². The van der Waals surface area contributed by atoms with Crippen LogP contribution < -0.4 is 0 Å². The van der Waals surface area contributed by atoms with E-state index in [1.165, 1.54) is 25.3 Å². The first-order valence-electron chi connectivity index (χ1n) is 6.49. The highest BCUT2D eigenvalue weighted by Crippen LogP contribution is 2.29. The van der Waals surface area contributed by atoms with Crippen molar-refractivity contribution < 1.29 is 22.7 Å². The highest BCUT2D eigenvalue weighted by molar-refractivity contribution is 6.00. The van der Waals surface area contributed by atoms with Crippen molar-refractivity contribution in [1.82, 2.24) is 9.97 Å². The van der Waals surface area contributed by atoms with Gasteiger partial charge in [0.15, 0.2) is 5.82 Å². The van der Waals surface area contributed by atoms with E-state index in [0.717, 1.165) is 12.4 Å². The first-order valence-corrected chi connectivity index (χ1v) is 6.49. The summed E-state index contributed by atoms with van der Waals surface area (Å²) < 4.78 is 45.5. The van der Waals surface area contributed by atoms with E-state index in [9.17, 15) is 18.0 Å². The largest absolute Gasteiger partial charge is 0.465 e. The van der Waals surface area contributed by atoms with Gasteiger partial charge in [-0.25, -0.2) is 22.9 Å². The molecule has 0 spiro atoms. The summed E-state index contributed by atoms with van der Waals surface area (Å²) in [5.74, 6) is -3.04. The molecule has 0 unspecified atom stereocenters. The molecule has 3 aromatic rings. The van der Waals surface area contributed by atoms with Gasteiger partial charge >= 0.3 is 5.97 Å². The second kappa shape index (κ2) is 5.68. The molecule has 2 heterocycles. The molecule has 0 aliphatic carbocycles. The lowest BCUT2D eigenvalue weighted by Crippen LogP contribution is -2.02. The molecule has 2 aromatic heterocycles. The van der Waals surface area contributed by atoms with Crippen molar-refractivity contribution in [3.05, 3.63) is 59.7 Å². The van der Waals surface area contributed by atoms with Crippen LogP contribution in [0.5, 0.6) is 0 Å². The van der Waals surface area contributed by atoms with Crippen LogP contribution in [0, 0.1) is 17.5 Å². The second-order valence-corrected chi connectivity index (χ2v) is 4.69. The molecule has 0 N–H and O–H groups in total. The van der Waals surface area contributed by atoms with Gasteiger partial charge in [0.25, 0.3) is 0 Å². The summed E-state index contributed by atoms with van der Waals surface area (Å²) in [4.78, 5) is 19.1. The average Bonchev–Trinajstić information content (AvgIpc) is 2.55. The van der Waals surface area contributed by atoms with Crippen molar-refractivity contribution in [2.24, 2.45) is 0 Å². The van der Waals surface area contributed by atoms with E-state index in [0.29, 0.717) is 6.07 Å². The van der Waals surface area contributed by atoms with Crippen molar-refractivity contribution in [2.45, 2.75) is 0 Å². The number of esters is 1. The lowest BCUT2D eigenvalue weighted by Gasteiger charge is -2.08. The number of fused-ring (bicyclic) bond motifs is 1. The first kappa shape index (κ1) is 15.0. The van der Waals surface area contributed by atoms with Gasteiger partial charge < -0.3 is 4.74 Å². The Balaban J connectivity index is 2.31. The molecule has 116 valence electrons. The van der Waals surface area contributed by atoms with Gasteiger partial charge in [0.2, 0.25) is 0 Å². The number of hydrogen-bond donors (Lipinski definition) is 0. The third-order valence-corrected chi connectivity index (χ3v) is 3.29. The van der Waals surface area contributed by atoms with Gasteiger partial charge in [-0.05, 0) is 12.1 Å². The molecule has 0 atom stereocenters. The third kappa shape index (κ3) is 2.61. The van der Waals surface area contributed by atoms with Gasteiger partial charge in [-0.1, -0.05) is 6.07 Å². The Bertz CT molecular complexity index is 929. The highest BCUT2D eigenvalue weighted by atomic mass is 19.1. The van der Waals surface area contributed by atoms with Gasteiger partial charge in [-0.15, -0.1) is 0 Å². The van der Waals surface area contributed by atoms with Gasteiger partial charge in [0.05, 0.1) is 30.8 Å². The average molecular weight is 318 g/mol. The molecule has 0 radical (unpaired) electrons. The van der Waals surface area contributed by atoms with Crippen molar-refractivity contribution in [1.29, 1.82) is 0 Å². The van der Waals surface area contributed by atoms with Crippen molar-refractivity contribution >= 4 is 16.7 Å². The maximum absolute atomic E-state index is 14.0. The Morgan fingerprint density at radius 3 is 2.39 bits per heavy atom. The zero-order valence-electron chi connectivity index (χ0n) is 11.8.